The zero-order valence-corrected chi connectivity index (χ0v) is 16.1. The monoisotopic (exact) mass is 422 g/mol. The largest absolute Gasteiger partial charge is 0.339 e. The van der Waals surface area contributed by atoms with Gasteiger partial charge in [0.2, 0.25) is 0 Å². The number of nitrogens with zero attached hydrogens (tertiary/aromatic N) is 1. The van der Waals surface area contributed by atoms with Gasteiger partial charge >= 0.3 is 0 Å². The van der Waals surface area contributed by atoms with Crippen LogP contribution in [0.1, 0.15) is 5.56 Å². The van der Waals surface area contributed by atoms with E-state index in [1.807, 2.05) is 0 Å². The Morgan fingerprint density at radius 3 is 2.22 bits per heavy atom. The highest BCUT2D eigenvalue weighted by molar-refractivity contribution is 7.90. The molecule has 0 aliphatic heterocycles. The number of amidine groups is 1. The van der Waals surface area contributed by atoms with E-state index in [1.54, 1.807) is 42.5 Å². The van der Waals surface area contributed by atoms with Crippen LogP contribution >= 0.6 is 23.2 Å². The summed E-state index contributed by atoms with van der Waals surface area (Å²) in [5.74, 6) is -0.526. The topological polar surface area (TPSA) is 58.5 Å². The van der Waals surface area contributed by atoms with E-state index < -0.39 is 15.8 Å². The highest BCUT2D eigenvalue weighted by Crippen LogP contribution is 2.21. The number of hydrogen-bond donors (Lipinski definition) is 1. The van der Waals surface area contributed by atoms with Gasteiger partial charge in [-0.3, -0.25) is 0 Å². The van der Waals surface area contributed by atoms with Gasteiger partial charge in [0.1, 0.15) is 5.82 Å². The highest BCUT2D eigenvalue weighted by atomic mass is 35.5. The normalized spacial score (nSPS) is 12.0. The van der Waals surface area contributed by atoms with E-state index >= 15 is 0 Å². The molecule has 0 heterocycles. The number of hydrogen-bond acceptors (Lipinski definition) is 2. The Morgan fingerprint density at radius 1 is 0.926 bits per heavy atom. The van der Waals surface area contributed by atoms with Gasteiger partial charge in [0.25, 0.3) is 10.0 Å². The van der Waals surface area contributed by atoms with E-state index in [9.17, 15) is 12.8 Å². The van der Waals surface area contributed by atoms with E-state index in [-0.39, 0.29) is 15.8 Å². The van der Waals surface area contributed by atoms with Gasteiger partial charge in [-0.15, -0.1) is 4.40 Å². The highest BCUT2D eigenvalue weighted by Gasteiger charge is 2.16. The fraction of sp³-hybridized carbons (Fsp3) is 0. The van der Waals surface area contributed by atoms with Gasteiger partial charge in [-0.05, 0) is 54.6 Å². The van der Waals surface area contributed by atoms with E-state index in [0.717, 1.165) is 0 Å². The number of benzene rings is 3. The Balaban J connectivity index is 2.07. The molecule has 0 unspecified atom stereocenters. The Labute approximate surface area is 166 Å². The lowest BCUT2D eigenvalue weighted by Gasteiger charge is -2.11. The Bertz CT molecular complexity index is 1090. The van der Waals surface area contributed by atoms with Crippen molar-refractivity contribution in [2.24, 2.45) is 4.40 Å². The lowest BCUT2D eigenvalue weighted by molar-refractivity contribution is 0.598. The Hall–Kier alpha value is -2.41. The second-order valence-corrected chi connectivity index (χ2v) is 7.94. The van der Waals surface area contributed by atoms with Gasteiger partial charge in [0.15, 0.2) is 5.84 Å². The third-order valence-electron chi connectivity index (χ3n) is 3.55. The molecule has 0 saturated carbocycles. The number of sulfonamides is 1. The Morgan fingerprint density at radius 2 is 1.59 bits per heavy atom. The second-order valence-electron chi connectivity index (χ2n) is 5.49. The first-order valence-electron chi connectivity index (χ1n) is 7.73. The molecule has 0 fully saturated rings. The summed E-state index contributed by atoms with van der Waals surface area (Å²) in [6.07, 6.45) is 0. The first-order valence-corrected chi connectivity index (χ1v) is 9.93. The van der Waals surface area contributed by atoms with E-state index in [0.29, 0.717) is 16.3 Å². The molecule has 3 aromatic rings. The van der Waals surface area contributed by atoms with Crippen LogP contribution in [0.5, 0.6) is 0 Å². The van der Waals surface area contributed by atoms with Crippen LogP contribution in [0.2, 0.25) is 10.0 Å². The van der Waals surface area contributed by atoms with Crippen molar-refractivity contribution >= 4 is 44.7 Å². The molecule has 138 valence electrons. The van der Waals surface area contributed by atoms with Crippen molar-refractivity contribution in [2.75, 3.05) is 5.32 Å². The number of nitrogens with one attached hydrogen (secondary N) is 1. The first-order chi connectivity index (χ1) is 12.8. The molecule has 0 aliphatic carbocycles. The molecule has 3 aromatic carbocycles. The third kappa shape index (κ3) is 4.86. The van der Waals surface area contributed by atoms with Crippen LogP contribution in [-0.4, -0.2) is 14.3 Å². The second kappa shape index (κ2) is 8.08. The maximum atomic E-state index is 13.4. The van der Waals surface area contributed by atoms with Gasteiger partial charge in [0, 0.05) is 16.3 Å². The summed E-state index contributed by atoms with van der Waals surface area (Å²) in [7, 11) is -3.97. The smallest absolute Gasteiger partial charge is 0.284 e. The van der Waals surface area contributed by atoms with Crippen LogP contribution in [0, 0.1) is 5.82 Å². The first kappa shape index (κ1) is 19.4. The standard InChI is InChI=1S/C19H13Cl2FN2O2S/c20-14-8-6-13(7-9-14)19(23-15-10-11-18(22)17(21)12-15)24-27(25,26)16-4-2-1-3-5-16/h1-12H,(H,23,24). The number of rotatable bonds is 4. The molecule has 1 N–H and O–H groups in total. The van der Waals surface area contributed by atoms with Crippen LogP contribution < -0.4 is 5.32 Å². The number of anilines is 1. The average Bonchev–Trinajstić information content (AvgIpc) is 2.65. The molecular formula is C19H13Cl2FN2O2S. The predicted molar refractivity (Wildman–Crippen MR) is 107 cm³/mol. The molecule has 0 bridgehead atoms. The van der Waals surface area contributed by atoms with Crippen molar-refractivity contribution in [3.63, 3.8) is 0 Å². The van der Waals surface area contributed by atoms with Crippen LogP contribution in [-0.2, 0) is 10.0 Å². The molecule has 0 amide bonds. The zero-order valence-electron chi connectivity index (χ0n) is 13.7. The summed E-state index contributed by atoms with van der Waals surface area (Å²) in [4.78, 5) is 0.0513. The fourth-order valence-electron chi connectivity index (χ4n) is 2.23. The average molecular weight is 423 g/mol. The van der Waals surface area contributed by atoms with Crippen molar-refractivity contribution in [2.45, 2.75) is 4.90 Å². The Kier molecular flexibility index (Phi) is 5.79. The van der Waals surface area contributed by atoms with Crippen molar-refractivity contribution in [1.82, 2.24) is 0 Å². The van der Waals surface area contributed by atoms with Crippen molar-refractivity contribution in [3.8, 4) is 0 Å². The minimum absolute atomic E-state index is 0.0513. The summed E-state index contributed by atoms with van der Waals surface area (Å²) in [6.45, 7) is 0. The molecule has 0 aliphatic rings. The van der Waals surface area contributed by atoms with Gasteiger partial charge in [-0.1, -0.05) is 41.4 Å². The zero-order chi connectivity index (χ0) is 19.4. The molecule has 0 radical (unpaired) electrons. The maximum Gasteiger partial charge on any atom is 0.284 e. The van der Waals surface area contributed by atoms with Crippen molar-refractivity contribution in [3.05, 3.63) is 94.2 Å². The van der Waals surface area contributed by atoms with Gasteiger partial charge in [-0.2, -0.15) is 8.42 Å². The fourth-order valence-corrected chi connectivity index (χ4v) is 3.54. The summed E-state index contributed by atoms with van der Waals surface area (Å²) in [5, 5.41) is 3.28. The lowest BCUT2D eigenvalue weighted by atomic mass is 10.2. The van der Waals surface area contributed by atoms with Crippen molar-refractivity contribution < 1.29 is 12.8 Å². The number of halogens is 3. The van der Waals surface area contributed by atoms with Crippen LogP contribution in [0.15, 0.2) is 82.1 Å². The summed E-state index contributed by atoms with van der Waals surface area (Å²) < 4.78 is 42.6. The molecule has 3 rings (SSSR count). The molecule has 0 saturated heterocycles. The molecule has 27 heavy (non-hydrogen) atoms. The summed E-state index contributed by atoms with van der Waals surface area (Å²) in [6, 6.07) is 18.3. The van der Waals surface area contributed by atoms with Gasteiger partial charge in [0.05, 0.1) is 9.92 Å². The third-order valence-corrected chi connectivity index (χ3v) is 5.38. The van der Waals surface area contributed by atoms with E-state index in [4.69, 9.17) is 23.2 Å². The summed E-state index contributed by atoms with van der Waals surface area (Å²) in [5.41, 5.74) is 0.873. The molecule has 0 aromatic heterocycles. The van der Waals surface area contributed by atoms with Crippen LogP contribution in [0.4, 0.5) is 10.1 Å². The minimum Gasteiger partial charge on any atom is -0.339 e. The van der Waals surface area contributed by atoms with Gasteiger partial charge < -0.3 is 5.32 Å². The minimum atomic E-state index is -3.97. The van der Waals surface area contributed by atoms with Crippen molar-refractivity contribution in [1.29, 1.82) is 0 Å². The molecule has 0 spiro atoms. The maximum absolute atomic E-state index is 13.4. The molecule has 0 atom stereocenters. The molecule has 4 nitrogen and oxygen atoms in total. The van der Waals surface area contributed by atoms with E-state index in [1.165, 1.54) is 30.3 Å². The molecule has 8 heteroatoms. The lowest BCUT2D eigenvalue weighted by Crippen LogP contribution is -2.16. The predicted octanol–water partition coefficient (Wildman–Crippen LogP) is 5.38. The van der Waals surface area contributed by atoms with E-state index in [2.05, 4.69) is 9.71 Å². The molecular weight excluding hydrogens is 410 g/mol. The quantitative estimate of drug-likeness (QED) is 0.453. The van der Waals surface area contributed by atoms with Crippen LogP contribution in [0.3, 0.4) is 0 Å². The van der Waals surface area contributed by atoms with Crippen LogP contribution in [0.25, 0.3) is 0 Å². The summed E-state index contributed by atoms with van der Waals surface area (Å²) >= 11 is 11.7. The SMILES string of the molecule is O=S(=O)(/N=C(\Nc1ccc(F)c(Cl)c1)c1ccc(Cl)cc1)c1ccccc1. The van der Waals surface area contributed by atoms with Gasteiger partial charge in [-0.25, -0.2) is 4.39 Å².